The van der Waals surface area contributed by atoms with Gasteiger partial charge in [-0.25, -0.2) is 9.59 Å². The van der Waals surface area contributed by atoms with Crippen molar-refractivity contribution in [1.82, 2.24) is 20.9 Å². The summed E-state index contributed by atoms with van der Waals surface area (Å²) < 4.78 is 10.7. The summed E-state index contributed by atoms with van der Waals surface area (Å²) in [5.41, 5.74) is 0.946. The van der Waals surface area contributed by atoms with Crippen molar-refractivity contribution in [3.05, 3.63) is 82.4 Å². The van der Waals surface area contributed by atoms with Crippen LogP contribution in [0.1, 0.15) is 77.6 Å². The first kappa shape index (κ1) is 34.7. The van der Waals surface area contributed by atoms with Crippen molar-refractivity contribution in [3.63, 3.8) is 0 Å². The molecule has 2 amide bonds. The summed E-state index contributed by atoms with van der Waals surface area (Å²) in [6, 6.07) is 15.3. The summed E-state index contributed by atoms with van der Waals surface area (Å²) in [6.07, 6.45) is 3.10. The Kier molecular flexibility index (Phi) is 12.3. The number of ether oxygens (including phenoxy) is 2. The monoisotopic (exact) mass is 632 g/mol. The molecule has 2 aromatic carbocycles. The summed E-state index contributed by atoms with van der Waals surface area (Å²) in [7, 11) is 0. The third-order valence-corrected chi connectivity index (χ3v) is 7.42. The molecule has 0 bridgehead atoms. The Labute approximate surface area is 266 Å². The van der Waals surface area contributed by atoms with Crippen LogP contribution in [0.25, 0.3) is 0 Å². The fourth-order valence-corrected chi connectivity index (χ4v) is 5.31. The van der Waals surface area contributed by atoms with Crippen molar-refractivity contribution in [3.8, 4) is 0 Å². The molecule has 2 aliphatic rings. The van der Waals surface area contributed by atoms with Crippen molar-refractivity contribution in [1.29, 1.82) is 0 Å². The number of hydrogen-bond donors (Lipinski definition) is 3. The van der Waals surface area contributed by atoms with E-state index in [1.54, 1.807) is 0 Å². The molecule has 4 rings (SSSR count). The molecule has 10 heteroatoms. The number of carbonyl (C=O) groups excluding carboxylic acids is 2. The number of benzene rings is 2. The number of hydrogen-bond acceptors (Lipinski definition) is 6. The lowest BCUT2D eigenvalue weighted by atomic mass is 9.90. The third-order valence-electron chi connectivity index (χ3n) is 6.95. The predicted molar refractivity (Wildman–Crippen MR) is 174 cm³/mol. The number of amides is 2. The predicted octanol–water partition coefficient (Wildman–Crippen LogP) is 7.43. The van der Waals surface area contributed by atoms with Gasteiger partial charge < -0.3 is 25.4 Å². The lowest BCUT2D eigenvalue weighted by molar-refractivity contribution is 0.0346. The lowest BCUT2D eigenvalue weighted by Gasteiger charge is -2.45. The van der Waals surface area contributed by atoms with E-state index >= 15 is 0 Å². The van der Waals surface area contributed by atoms with Gasteiger partial charge in [0, 0.05) is 35.2 Å². The first-order chi connectivity index (χ1) is 20.1. The number of likely N-dealkylation sites (tertiary alicyclic amines) is 1. The van der Waals surface area contributed by atoms with Crippen molar-refractivity contribution in [2.75, 3.05) is 19.6 Å². The van der Waals surface area contributed by atoms with E-state index in [-0.39, 0.29) is 24.2 Å². The minimum absolute atomic E-state index is 0.128. The van der Waals surface area contributed by atoms with E-state index in [9.17, 15) is 9.59 Å². The summed E-state index contributed by atoms with van der Waals surface area (Å²) in [5.74, 6) is 0. The summed E-state index contributed by atoms with van der Waals surface area (Å²) >= 11 is 12.2. The number of alkyl carbamates (subject to hydrolysis) is 2. The van der Waals surface area contributed by atoms with Crippen LogP contribution < -0.4 is 16.0 Å². The zero-order valence-electron chi connectivity index (χ0n) is 26.1. The van der Waals surface area contributed by atoms with E-state index < -0.39 is 23.4 Å². The van der Waals surface area contributed by atoms with E-state index in [4.69, 9.17) is 32.7 Å². The van der Waals surface area contributed by atoms with Crippen LogP contribution in [0.15, 0.2) is 61.2 Å². The molecule has 0 unspecified atom stereocenters. The molecular weight excluding hydrogens is 587 g/mol. The van der Waals surface area contributed by atoms with Crippen molar-refractivity contribution < 1.29 is 19.1 Å². The Bertz CT molecular complexity index is 1240. The molecule has 8 nitrogen and oxygen atoms in total. The highest BCUT2D eigenvalue weighted by Crippen LogP contribution is 2.32. The van der Waals surface area contributed by atoms with Crippen LogP contribution in [0.3, 0.4) is 0 Å². The van der Waals surface area contributed by atoms with Crippen LogP contribution in [-0.4, -0.2) is 60.0 Å². The first-order valence-electron chi connectivity index (χ1n) is 14.7. The smallest absolute Gasteiger partial charge is 0.408 e. The van der Waals surface area contributed by atoms with Gasteiger partial charge in [0.1, 0.15) is 11.2 Å². The van der Waals surface area contributed by atoms with Gasteiger partial charge in [-0.2, -0.15) is 0 Å². The average Bonchev–Trinajstić information content (AvgIpc) is 2.83. The maximum absolute atomic E-state index is 12.2. The second-order valence-corrected chi connectivity index (χ2v) is 13.7. The number of halogens is 2. The van der Waals surface area contributed by atoms with Gasteiger partial charge in [-0.05, 0) is 96.3 Å². The zero-order valence-corrected chi connectivity index (χ0v) is 27.6. The van der Waals surface area contributed by atoms with Crippen LogP contribution >= 0.6 is 23.2 Å². The van der Waals surface area contributed by atoms with Gasteiger partial charge in [0.2, 0.25) is 0 Å². The van der Waals surface area contributed by atoms with Crippen molar-refractivity contribution in [2.24, 2.45) is 0 Å². The largest absolute Gasteiger partial charge is 0.444 e. The molecule has 2 aliphatic heterocycles. The molecule has 2 saturated heterocycles. The van der Waals surface area contributed by atoms with Crippen LogP contribution in [0.4, 0.5) is 9.59 Å². The number of carbonyl (C=O) groups is 2. The number of rotatable bonds is 8. The average molecular weight is 634 g/mol. The maximum atomic E-state index is 12.2. The number of nitrogens with zero attached hydrogens (tertiary/aromatic N) is 1. The molecule has 2 fully saturated rings. The second kappa shape index (κ2) is 15.3. The van der Waals surface area contributed by atoms with E-state index in [0.717, 1.165) is 43.6 Å². The molecular formula is C33H46Cl2N4O4. The summed E-state index contributed by atoms with van der Waals surface area (Å²) in [4.78, 5) is 26.5. The van der Waals surface area contributed by atoms with Gasteiger partial charge in [0.05, 0.1) is 12.1 Å². The Hall–Kier alpha value is -2.78. The molecule has 0 saturated carbocycles. The molecule has 236 valence electrons. The Morgan fingerprint density at radius 3 is 1.79 bits per heavy atom. The van der Waals surface area contributed by atoms with Crippen molar-refractivity contribution in [2.45, 2.75) is 89.8 Å². The zero-order chi connectivity index (χ0) is 31.8. The molecule has 4 atom stereocenters. The lowest BCUT2D eigenvalue weighted by Crippen LogP contribution is -2.55. The quantitative estimate of drug-likeness (QED) is 0.262. The van der Waals surface area contributed by atoms with E-state index in [2.05, 4.69) is 27.4 Å². The van der Waals surface area contributed by atoms with Gasteiger partial charge in [0.15, 0.2) is 0 Å². The van der Waals surface area contributed by atoms with E-state index in [1.165, 1.54) is 0 Å². The van der Waals surface area contributed by atoms with E-state index in [1.807, 2.05) is 96.1 Å². The molecule has 3 N–H and O–H groups in total. The minimum atomic E-state index is -0.524. The maximum Gasteiger partial charge on any atom is 0.408 e. The fraction of sp³-hybridized carbons (Fsp3) is 0.515. The van der Waals surface area contributed by atoms with Crippen molar-refractivity contribution >= 4 is 35.4 Å². The highest BCUT2D eigenvalue weighted by atomic mass is 35.5. The highest BCUT2D eigenvalue weighted by Gasteiger charge is 2.37. The summed E-state index contributed by atoms with van der Waals surface area (Å²) in [5, 5.41) is 10.6. The SMILES string of the molecule is C=CCN1CC[C@H]1[C@@H](NC(=O)OC(C)(C)C)c1cccc(Cl)c1.CC(C)(C)OC(=O)N[C@@H](c1cccc(Cl)c1)[C@@H]1CCN1. The Balaban J connectivity index is 0.000000238. The van der Waals surface area contributed by atoms with Gasteiger partial charge in [-0.15, -0.1) is 6.58 Å². The molecule has 0 radical (unpaired) electrons. The highest BCUT2D eigenvalue weighted by molar-refractivity contribution is 6.30. The molecule has 0 aliphatic carbocycles. The van der Waals surface area contributed by atoms with Gasteiger partial charge >= 0.3 is 12.2 Å². The van der Waals surface area contributed by atoms with Gasteiger partial charge in [0.25, 0.3) is 0 Å². The normalized spacial score (nSPS) is 19.7. The first-order valence-corrected chi connectivity index (χ1v) is 15.5. The van der Waals surface area contributed by atoms with Crippen LogP contribution in [0.5, 0.6) is 0 Å². The van der Waals surface area contributed by atoms with Crippen LogP contribution in [-0.2, 0) is 9.47 Å². The van der Waals surface area contributed by atoms with Crippen LogP contribution in [0.2, 0.25) is 10.0 Å². The second-order valence-electron chi connectivity index (χ2n) is 12.8. The Morgan fingerprint density at radius 2 is 1.42 bits per heavy atom. The Morgan fingerprint density at radius 1 is 0.930 bits per heavy atom. The molecule has 0 spiro atoms. The van der Waals surface area contributed by atoms with E-state index in [0.29, 0.717) is 10.0 Å². The number of nitrogens with one attached hydrogen (secondary N) is 3. The minimum Gasteiger partial charge on any atom is -0.444 e. The molecule has 0 aromatic heterocycles. The third kappa shape index (κ3) is 11.3. The topological polar surface area (TPSA) is 91.9 Å². The van der Waals surface area contributed by atoms with Gasteiger partial charge in [-0.3, -0.25) is 4.90 Å². The standard InChI is InChI=1S/C18H25ClN2O2.C15H21ClN2O2/c1-5-10-21-11-9-15(21)16(13-7-6-8-14(19)12-13)20-17(22)23-18(2,3)4;1-15(2,3)20-14(19)18-13(12-7-8-17-12)10-5-4-6-11(16)9-10/h5-8,12,15-16H,1,9-11H2,2-4H3,(H,20,22);4-6,9,12-13,17H,7-8H2,1-3H3,(H,18,19)/t15-,16-;12-,13-/m00/s1. The molecule has 2 heterocycles. The summed E-state index contributed by atoms with van der Waals surface area (Å²) in [6.45, 7) is 17.7. The fourth-order valence-electron chi connectivity index (χ4n) is 4.91. The van der Waals surface area contributed by atoms with Crippen LogP contribution in [0, 0.1) is 0 Å². The molecule has 2 aromatic rings. The molecule has 43 heavy (non-hydrogen) atoms. The van der Waals surface area contributed by atoms with Gasteiger partial charge in [-0.1, -0.05) is 53.5 Å².